The summed E-state index contributed by atoms with van der Waals surface area (Å²) in [5.74, 6) is 1.11. The number of aromatic amines is 1. The van der Waals surface area contributed by atoms with Gasteiger partial charge in [-0.05, 0) is 31.5 Å². The molecular formula is C20H25N3O4. The first-order chi connectivity index (χ1) is 13.1. The van der Waals surface area contributed by atoms with E-state index in [1.54, 1.807) is 54.6 Å². The summed E-state index contributed by atoms with van der Waals surface area (Å²) in [6.07, 6.45) is 4.17. The lowest BCUT2D eigenvalue weighted by Gasteiger charge is -2.23. The Morgan fingerprint density at radius 2 is 1.67 bits per heavy atom. The molecule has 1 saturated heterocycles. The average Bonchev–Trinajstić information content (AvgIpc) is 3.11. The lowest BCUT2D eigenvalue weighted by molar-refractivity contribution is 0.0717. The van der Waals surface area contributed by atoms with Crippen molar-refractivity contribution in [3.8, 4) is 11.5 Å². The third-order valence-electron chi connectivity index (χ3n) is 4.93. The zero-order valence-corrected chi connectivity index (χ0v) is 15.9. The molecule has 2 heterocycles. The molecule has 1 aliphatic rings. The van der Waals surface area contributed by atoms with Crippen LogP contribution >= 0.6 is 0 Å². The van der Waals surface area contributed by atoms with Gasteiger partial charge in [0.15, 0.2) is 0 Å². The van der Waals surface area contributed by atoms with E-state index in [0.717, 1.165) is 12.0 Å². The molecule has 1 aromatic carbocycles. The lowest BCUT2D eigenvalue weighted by Crippen LogP contribution is -2.37. The highest BCUT2D eigenvalue weighted by Crippen LogP contribution is 2.32. The van der Waals surface area contributed by atoms with E-state index in [-0.39, 0.29) is 11.8 Å². The normalized spacial score (nSPS) is 14.6. The largest absolute Gasteiger partial charge is 0.496 e. The summed E-state index contributed by atoms with van der Waals surface area (Å²) >= 11 is 0. The standard InChI is InChI=1S/C20H25N3O4/c1-14-17(26-2)6-5-16(18(14)27-3)20(25)23-10-4-9-22(11-12-23)19(24)15-7-8-21-13-15/h5-8,13,21H,4,9-12H2,1-3H3. The van der Waals surface area contributed by atoms with Gasteiger partial charge in [-0.2, -0.15) is 0 Å². The second kappa shape index (κ2) is 8.16. The van der Waals surface area contributed by atoms with Gasteiger partial charge in [0.25, 0.3) is 11.8 Å². The van der Waals surface area contributed by atoms with Crippen LogP contribution < -0.4 is 9.47 Å². The van der Waals surface area contributed by atoms with Gasteiger partial charge in [-0.3, -0.25) is 9.59 Å². The summed E-state index contributed by atoms with van der Waals surface area (Å²) in [7, 11) is 3.15. The summed E-state index contributed by atoms with van der Waals surface area (Å²) in [5.41, 5.74) is 1.95. The topological polar surface area (TPSA) is 74.9 Å². The lowest BCUT2D eigenvalue weighted by atomic mass is 10.1. The molecule has 0 spiro atoms. The van der Waals surface area contributed by atoms with Crippen LogP contribution in [0.2, 0.25) is 0 Å². The molecule has 3 rings (SSSR count). The van der Waals surface area contributed by atoms with E-state index in [2.05, 4.69) is 4.98 Å². The zero-order chi connectivity index (χ0) is 19.4. The van der Waals surface area contributed by atoms with Crippen LogP contribution in [-0.2, 0) is 0 Å². The fourth-order valence-corrected chi connectivity index (χ4v) is 3.46. The van der Waals surface area contributed by atoms with Crippen molar-refractivity contribution < 1.29 is 19.1 Å². The minimum atomic E-state index is -0.0893. The molecule has 1 fully saturated rings. The Balaban J connectivity index is 1.75. The molecule has 2 aromatic rings. The molecule has 0 atom stereocenters. The van der Waals surface area contributed by atoms with E-state index < -0.39 is 0 Å². The number of methoxy groups -OCH3 is 2. The molecule has 0 saturated carbocycles. The molecule has 144 valence electrons. The van der Waals surface area contributed by atoms with Crippen LogP contribution in [0.4, 0.5) is 0 Å². The average molecular weight is 371 g/mol. The van der Waals surface area contributed by atoms with Gasteiger partial charge in [-0.25, -0.2) is 0 Å². The van der Waals surface area contributed by atoms with Crippen molar-refractivity contribution in [3.63, 3.8) is 0 Å². The highest BCUT2D eigenvalue weighted by molar-refractivity contribution is 5.98. The number of aromatic nitrogens is 1. The van der Waals surface area contributed by atoms with Gasteiger partial charge in [-0.1, -0.05) is 0 Å². The van der Waals surface area contributed by atoms with E-state index in [0.29, 0.717) is 48.8 Å². The Bertz CT molecular complexity index is 817. The number of nitrogens with one attached hydrogen (secondary N) is 1. The van der Waals surface area contributed by atoms with E-state index >= 15 is 0 Å². The smallest absolute Gasteiger partial charge is 0.257 e. The Morgan fingerprint density at radius 3 is 2.26 bits per heavy atom. The van der Waals surface area contributed by atoms with E-state index in [1.807, 2.05) is 6.92 Å². The third kappa shape index (κ3) is 3.77. The minimum Gasteiger partial charge on any atom is -0.496 e. The summed E-state index contributed by atoms with van der Waals surface area (Å²) in [6.45, 7) is 4.10. The fraction of sp³-hybridized carbons (Fsp3) is 0.400. The van der Waals surface area contributed by atoms with Crippen LogP contribution in [0.3, 0.4) is 0 Å². The fourth-order valence-electron chi connectivity index (χ4n) is 3.46. The van der Waals surface area contributed by atoms with Gasteiger partial charge >= 0.3 is 0 Å². The van der Waals surface area contributed by atoms with E-state index in [1.165, 1.54) is 0 Å². The molecule has 1 aromatic heterocycles. The number of nitrogens with zero attached hydrogens (tertiary/aromatic N) is 2. The summed E-state index contributed by atoms with van der Waals surface area (Å²) in [4.78, 5) is 32.1. The van der Waals surface area contributed by atoms with Crippen molar-refractivity contribution >= 4 is 11.8 Å². The maximum Gasteiger partial charge on any atom is 0.257 e. The van der Waals surface area contributed by atoms with Gasteiger partial charge in [0, 0.05) is 44.1 Å². The van der Waals surface area contributed by atoms with Crippen LogP contribution in [0.25, 0.3) is 0 Å². The Kier molecular flexibility index (Phi) is 5.69. The number of amides is 2. The number of rotatable bonds is 4. The maximum atomic E-state index is 13.1. The Labute approximate surface area is 158 Å². The van der Waals surface area contributed by atoms with Crippen molar-refractivity contribution in [3.05, 3.63) is 47.3 Å². The second-order valence-electron chi connectivity index (χ2n) is 6.51. The number of carbonyl (C=O) groups excluding carboxylic acids is 2. The molecule has 27 heavy (non-hydrogen) atoms. The molecule has 7 heteroatoms. The van der Waals surface area contributed by atoms with Crippen LogP contribution in [0.15, 0.2) is 30.6 Å². The van der Waals surface area contributed by atoms with Crippen LogP contribution in [-0.4, -0.2) is 67.0 Å². The van der Waals surface area contributed by atoms with Crippen LogP contribution in [0, 0.1) is 6.92 Å². The van der Waals surface area contributed by atoms with Crippen LogP contribution in [0.5, 0.6) is 11.5 Å². The summed E-state index contributed by atoms with van der Waals surface area (Å²) < 4.78 is 10.8. The van der Waals surface area contributed by atoms with Crippen LogP contribution in [0.1, 0.15) is 32.7 Å². The number of H-pyrrole nitrogens is 1. The SMILES string of the molecule is COc1ccc(C(=O)N2CCCN(C(=O)c3cc[nH]c3)CC2)c(OC)c1C. The summed E-state index contributed by atoms with van der Waals surface area (Å²) in [5, 5.41) is 0. The minimum absolute atomic E-state index is 0.0107. The third-order valence-corrected chi connectivity index (χ3v) is 4.93. The second-order valence-corrected chi connectivity index (χ2v) is 6.51. The Hall–Kier alpha value is -2.96. The highest BCUT2D eigenvalue weighted by Gasteiger charge is 2.26. The summed E-state index contributed by atoms with van der Waals surface area (Å²) in [6, 6.07) is 5.28. The Morgan fingerprint density at radius 1 is 0.963 bits per heavy atom. The number of ether oxygens (including phenoxy) is 2. The molecule has 0 unspecified atom stereocenters. The molecular weight excluding hydrogens is 346 g/mol. The van der Waals surface area contributed by atoms with E-state index in [9.17, 15) is 9.59 Å². The maximum absolute atomic E-state index is 13.1. The number of hydrogen-bond acceptors (Lipinski definition) is 4. The van der Waals surface area contributed by atoms with Crippen molar-refractivity contribution in [2.24, 2.45) is 0 Å². The predicted molar refractivity (Wildman–Crippen MR) is 101 cm³/mol. The molecule has 0 radical (unpaired) electrons. The van der Waals surface area contributed by atoms with Crippen molar-refractivity contribution in [2.75, 3.05) is 40.4 Å². The van der Waals surface area contributed by atoms with Gasteiger partial charge in [0.2, 0.25) is 0 Å². The van der Waals surface area contributed by atoms with Crippen molar-refractivity contribution in [2.45, 2.75) is 13.3 Å². The van der Waals surface area contributed by atoms with Gasteiger partial charge in [0.1, 0.15) is 11.5 Å². The zero-order valence-electron chi connectivity index (χ0n) is 15.9. The first kappa shape index (κ1) is 18.8. The highest BCUT2D eigenvalue weighted by atomic mass is 16.5. The predicted octanol–water partition coefficient (Wildman–Crippen LogP) is 2.33. The number of hydrogen-bond donors (Lipinski definition) is 1. The van der Waals surface area contributed by atoms with Crippen molar-refractivity contribution in [1.29, 1.82) is 0 Å². The first-order valence-corrected chi connectivity index (χ1v) is 8.99. The molecule has 1 aliphatic heterocycles. The quantitative estimate of drug-likeness (QED) is 0.895. The molecule has 7 nitrogen and oxygen atoms in total. The monoisotopic (exact) mass is 371 g/mol. The molecule has 0 bridgehead atoms. The molecule has 1 N–H and O–H groups in total. The van der Waals surface area contributed by atoms with E-state index in [4.69, 9.17) is 9.47 Å². The van der Waals surface area contributed by atoms with Gasteiger partial charge in [0.05, 0.1) is 25.3 Å². The number of benzene rings is 1. The molecule has 0 aliphatic carbocycles. The molecule has 2 amide bonds. The number of carbonyl (C=O) groups is 2. The van der Waals surface area contributed by atoms with Gasteiger partial charge < -0.3 is 24.3 Å². The van der Waals surface area contributed by atoms with Gasteiger partial charge in [-0.15, -0.1) is 0 Å². The van der Waals surface area contributed by atoms with Crippen molar-refractivity contribution in [1.82, 2.24) is 14.8 Å². The first-order valence-electron chi connectivity index (χ1n) is 8.99.